The number of carbonyl (C=O) groups is 2. The Morgan fingerprint density at radius 1 is 0.735 bits per heavy atom. The number of fused-ring (bicyclic) bond motifs is 4. The summed E-state index contributed by atoms with van der Waals surface area (Å²) in [6, 6.07) is 0. The van der Waals surface area contributed by atoms with Gasteiger partial charge in [-0.2, -0.15) is 8.42 Å². The average molecular weight is 1210 g/mol. The number of carbonyl (C=O) groups excluding carboxylic acids is 2. The van der Waals surface area contributed by atoms with Gasteiger partial charge >= 0.3 is 22.3 Å². The summed E-state index contributed by atoms with van der Waals surface area (Å²) in [4.78, 5) is 27.5. The average Bonchev–Trinajstić information content (AvgIpc) is 1.58. The van der Waals surface area contributed by atoms with E-state index in [1.54, 1.807) is 19.1 Å². The third-order valence-electron chi connectivity index (χ3n) is 20.0. The highest BCUT2D eigenvalue weighted by Crippen LogP contribution is 2.77. The van der Waals surface area contributed by atoms with Crippen molar-refractivity contribution >= 4 is 22.3 Å². The lowest BCUT2D eigenvalue weighted by Crippen LogP contribution is -2.66. The highest BCUT2D eigenvalue weighted by Gasteiger charge is 2.87. The van der Waals surface area contributed by atoms with E-state index in [0.717, 1.165) is 11.1 Å². The Hall–Kier alpha value is -2.73. The van der Waals surface area contributed by atoms with E-state index in [2.05, 4.69) is 13.0 Å². The van der Waals surface area contributed by atoms with Gasteiger partial charge in [0, 0.05) is 19.4 Å². The highest BCUT2D eigenvalue weighted by molar-refractivity contribution is 7.80. The van der Waals surface area contributed by atoms with Crippen molar-refractivity contribution in [1.82, 2.24) is 0 Å². The molecule has 9 aliphatic rings. The number of methoxy groups -OCH3 is 1. The third kappa shape index (κ3) is 10.8. The SMILES string of the molecule is CO[C@@H]1[C@@H](O)[C@H](O[C@@H]2[C@@H](O)[C@H](O[C@H]3[C@H](O)[C@@H](O)[C@H](O[C@H]4[C@H](O[C@H]5CC[C@]6(C)[C@H]7CC[C@]89C(=O)O[C@@](C)(/C=C/C=C(C)C)[C@@]8(O)[C@@H](OC(C)=O)C[C@@]9(C)C7=CC[C@H]6C5(C)C)OC[C@@H](OS(=O)(=O)O)[C@@H]4O)O[C@@H]3CO)OC[C@H]2O)O[C@H](CO)[C@H]1O. The smallest absolute Gasteiger partial charge is 0.397 e. The minimum Gasteiger partial charge on any atom is -0.459 e. The largest absolute Gasteiger partial charge is 0.459 e. The Bertz CT molecular complexity index is 2580. The highest BCUT2D eigenvalue weighted by atomic mass is 32.3. The van der Waals surface area contributed by atoms with Crippen molar-refractivity contribution < 1.29 is 130 Å². The van der Waals surface area contributed by atoms with Crippen molar-refractivity contribution in [3.05, 3.63) is 35.5 Å². The van der Waals surface area contributed by atoms with Crippen LogP contribution in [0.1, 0.15) is 93.9 Å². The fraction of sp³-hybridized carbons (Fsp3) is 0.855. The topological polar surface area (TPSA) is 402 Å². The summed E-state index contributed by atoms with van der Waals surface area (Å²) in [5.74, 6) is -1.41. The number of aliphatic hydroxyl groups excluding tert-OH is 9. The number of rotatable bonds is 16. The number of cyclic esters (lactones) is 1. The molecular weight excluding hydrogens is 1120 g/mol. The zero-order valence-electron chi connectivity index (χ0n) is 47.9. The van der Waals surface area contributed by atoms with Crippen LogP contribution in [0.5, 0.6) is 0 Å². The molecule has 5 heterocycles. The normalized spacial score (nSPS) is 49.6. The van der Waals surface area contributed by atoms with Crippen molar-refractivity contribution in [2.24, 2.45) is 33.5 Å². The van der Waals surface area contributed by atoms with E-state index in [9.17, 15) is 73.6 Å². The molecule has 8 fully saturated rings. The molecule has 0 bridgehead atoms. The summed E-state index contributed by atoms with van der Waals surface area (Å²) >= 11 is 0. The van der Waals surface area contributed by atoms with Gasteiger partial charge in [0.05, 0.1) is 32.5 Å². The first-order chi connectivity index (χ1) is 38.8. The molecule has 83 heavy (non-hydrogen) atoms. The Balaban J connectivity index is 0.929. The van der Waals surface area contributed by atoms with Crippen molar-refractivity contribution in [2.75, 3.05) is 33.5 Å². The van der Waals surface area contributed by atoms with E-state index in [-0.39, 0.29) is 24.7 Å². The Morgan fingerprint density at radius 3 is 2.00 bits per heavy atom. The molecule has 5 saturated heterocycles. The maximum absolute atomic E-state index is 14.7. The number of aliphatic hydroxyl groups is 10. The van der Waals surface area contributed by atoms with Crippen LogP contribution in [-0.2, 0) is 76.3 Å². The van der Waals surface area contributed by atoms with E-state index in [0.29, 0.717) is 25.7 Å². The molecule has 28 heteroatoms. The van der Waals surface area contributed by atoms with Crippen LogP contribution in [0, 0.1) is 33.5 Å². The molecule has 1 spiro atoms. The summed E-state index contributed by atoms with van der Waals surface area (Å²) < 4.78 is 103. The van der Waals surface area contributed by atoms with Crippen molar-refractivity contribution in [2.45, 2.75) is 228 Å². The van der Waals surface area contributed by atoms with E-state index in [1.807, 2.05) is 40.7 Å². The lowest BCUT2D eigenvalue weighted by Gasteiger charge is -2.64. The molecule has 0 amide bonds. The molecule has 27 atom stereocenters. The second-order valence-electron chi connectivity index (χ2n) is 25.4. The number of esters is 2. The number of hydrogen-bond acceptors (Lipinski definition) is 26. The Kier molecular flexibility index (Phi) is 18.5. The Morgan fingerprint density at radius 2 is 1.36 bits per heavy atom. The quantitative estimate of drug-likeness (QED) is 0.0362. The van der Waals surface area contributed by atoms with Gasteiger partial charge in [-0.3, -0.25) is 14.1 Å². The molecule has 0 aromatic carbocycles. The lowest BCUT2D eigenvalue weighted by atomic mass is 9.40. The van der Waals surface area contributed by atoms with Gasteiger partial charge in [-0.05, 0) is 88.0 Å². The second kappa shape index (κ2) is 23.7. The Labute approximate surface area is 481 Å². The monoisotopic (exact) mass is 1210 g/mol. The molecule has 5 aliphatic heterocycles. The maximum atomic E-state index is 14.7. The van der Waals surface area contributed by atoms with Crippen LogP contribution in [0.3, 0.4) is 0 Å². The van der Waals surface area contributed by atoms with Gasteiger partial charge in [0.2, 0.25) is 0 Å². The number of allylic oxidation sites excluding steroid dienone is 5. The fourth-order valence-electron chi connectivity index (χ4n) is 15.9. The van der Waals surface area contributed by atoms with Gasteiger partial charge in [-0.15, -0.1) is 0 Å². The van der Waals surface area contributed by atoms with Gasteiger partial charge < -0.3 is 103 Å². The molecule has 3 saturated carbocycles. The lowest BCUT2D eigenvalue weighted by molar-refractivity contribution is -0.385. The molecule has 4 aliphatic carbocycles. The molecule has 0 radical (unpaired) electrons. The molecule has 472 valence electrons. The van der Waals surface area contributed by atoms with Crippen LogP contribution >= 0.6 is 0 Å². The van der Waals surface area contributed by atoms with Crippen LogP contribution in [0.25, 0.3) is 0 Å². The van der Waals surface area contributed by atoms with E-state index < -0.39 is 204 Å². The van der Waals surface area contributed by atoms with E-state index in [1.165, 1.54) is 14.0 Å². The van der Waals surface area contributed by atoms with Crippen LogP contribution in [0.4, 0.5) is 0 Å². The first-order valence-electron chi connectivity index (χ1n) is 28.3. The van der Waals surface area contributed by atoms with Crippen molar-refractivity contribution in [1.29, 1.82) is 0 Å². The summed E-state index contributed by atoms with van der Waals surface area (Å²) in [6.07, 6.45) is -23.2. The summed E-state index contributed by atoms with van der Waals surface area (Å²) in [5, 5.41) is 112. The van der Waals surface area contributed by atoms with Gasteiger partial charge in [0.15, 0.2) is 36.4 Å². The predicted octanol–water partition coefficient (Wildman–Crippen LogP) is -1.52. The molecule has 11 N–H and O–H groups in total. The minimum absolute atomic E-state index is 0.121. The van der Waals surface area contributed by atoms with E-state index in [4.69, 9.17) is 56.3 Å². The van der Waals surface area contributed by atoms with Crippen LogP contribution in [0.2, 0.25) is 0 Å². The predicted molar refractivity (Wildman–Crippen MR) is 278 cm³/mol. The van der Waals surface area contributed by atoms with Gasteiger partial charge in [0.25, 0.3) is 0 Å². The molecule has 9 rings (SSSR count). The molecule has 27 nitrogen and oxygen atoms in total. The zero-order valence-corrected chi connectivity index (χ0v) is 48.8. The molecule has 0 unspecified atom stereocenters. The summed E-state index contributed by atoms with van der Waals surface area (Å²) in [7, 11) is -4.03. The first kappa shape index (κ1) is 64.7. The van der Waals surface area contributed by atoms with Crippen LogP contribution < -0.4 is 0 Å². The van der Waals surface area contributed by atoms with Gasteiger partial charge in [-0.25, -0.2) is 4.18 Å². The zero-order chi connectivity index (χ0) is 60.9. The minimum atomic E-state index is -5.22. The number of hydrogen-bond donors (Lipinski definition) is 11. The van der Waals surface area contributed by atoms with Crippen LogP contribution in [-0.4, -0.2) is 244 Å². The molecular formula is C55H84O27S. The van der Waals surface area contributed by atoms with Gasteiger partial charge in [0.1, 0.15) is 97.0 Å². The first-order valence-corrected chi connectivity index (χ1v) is 29.6. The molecule has 0 aromatic heterocycles. The molecule has 0 aromatic rings. The van der Waals surface area contributed by atoms with Gasteiger partial charge in [-0.1, -0.05) is 57.1 Å². The maximum Gasteiger partial charge on any atom is 0.397 e. The summed E-state index contributed by atoms with van der Waals surface area (Å²) in [6.45, 7) is 12.1. The van der Waals surface area contributed by atoms with Crippen LogP contribution in [0.15, 0.2) is 35.5 Å². The van der Waals surface area contributed by atoms with Crippen molar-refractivity contribution in [3.8, 4) is 0 Å². The second-order valence-corrected chi connectivity index (χ2v) is 26.4. The summed E-state index contributed by atoms with van der Waals surface area (Å²) in [5.41, 5.74) is -5.20. The standard InChI is InChI=1S/C55H84O27S/c1-24(2)11-10-16-53(8)55(67)34(74-25(3)58)19-52(7)27-12-13-32-50(4,5)33(15-17-51(32,6)26(27)14-18-54(52,55)49(66)81-53)77-48-44(36(61)31(23-73-48)82-83(68,69)70)80-46-38(63)37(62)42(30(21-57)76-46)79-45-39(64)41(28(59)22-72-45)78-47-40(65)43(71-9)35(60)29(20-56)75-47/h10-12,16,26,28-48,56-57,59-65,67H,13-15,17-23H2,1-9H3,(H,68,69,70)/b16-10+/t26-,28+,29+,30+,31+,32-,33-,34-,35+,36-,37+,38+,39+,40+,41-,42+,43-,44+,45-,46-,47-,48-,51+,52-,53-,54+,55-/m0/s1. The van der Waals surface area contributed by atoms with E-state index >= 15 is 0 Å². The number of ether oxygens (including phenoxy) is 11. The van der Waals surface area contributed by atoms with Crippen molar-refractivity contribution in [3.63, 3.8) is 0 Å². The third-order valence-corrected chi connectivity index (χ3v) is 20.5. The fourth-order valence-corrected chi connectivity index (χ4v) is 16.4.